The molecule has 3 aromatic rings. The second-order valence-electron chi connectivity index (χ2n) is 5.32. The molecule has 0 saturated heterocycles. The average Bonchev–Trinajstić information content (AvgIpc) is 2.64. The fourth-order valence-electron chi connectivity index (χ4n) is 2.17. The quantitative estimate of drug-likeness (QED) is 0.475. The minimum absolute atomic E-state index is 0.244. The van der Waals surface area contributed by atoms with Crippen LogP contribution in [0.2, 0.25) is 0 Å². The molecule has 2 N–H and O–H groups in total. The summed E-state index contributed by atoms with van der Waals surface area (Å²) in [5.74, 6) is -0.244. The molecule has 3 rings (SSSR count). The fourth-order valence-corrected chi connectivity index (χ4v) is 2.44. The minimum Gasteiger partial charge on any atom is -0.356 e. The predicted octanol–water partition coefficient (Wildman–Crippen LogP) is 4.96. The molecule has 0 unspecified atom stereocenters. The molecular weight excluding hydrogens is 378 g/mol. The van der Waals surface area contributed by atoms with E-state index in [0.29, 0.717) is 5.56 Å². The van der Waals surface area contributed by atoms with Crippen molar-refractivity contribution in [1.82, 2.24) is 5.43 Å². The van der Waals surface area contributed by atoms with Gasteiger partial charge in [-0.1, -0.05) is 46.3 Å². The van der Waals surface area contributed by atoms with Crippen molar-refractivity contribution in [3.05, 3.63) is 94.5 Å². The van der Waals surface area contributed by atoms with E-state index in [1.807, 2.05) is 66.7 Å². The molecule has 0 saturated carbocycles. The third kappa shape index (κ3) is 5.02. The summed E-state index contributed by atoms with van der Waals surface area (Å²) in [6.45, 7) is 0. The second kappa shape index (κ2) is 8.26. The number of carbonyl (C=O) groups is 1. The van der Waals surface area contributed by atoms with Crippen LogP contribution in [0, 0.1) is 0 Å². The molecule has 0 aliphatic rings. The van der Waals surface area contributed by atoms with Crippen LogP contribution in [0.15, 0.2) is 88.4 Å². The van der Waals surface area contributed by atoms with E-state index < -0.39 is 0 Å². The lowest BCUT2D eigenvalue weighted by atomic mass is 10.2. The van der Waals surface area contributed by atoms with E-state index in [9.17, 15) is 4.79 Å². The highest BCUT2D eigenvalue weighted by molar-refractivity contribution is 9.10. The van der Waals surface area contributed by atoms with Crippen molar-refractivity contribution in [3.63, 3.8) is 0 Å². The number of amides is 1. The van der Waals surface area contributed by atoms with E-state index in [1.165, 1.54) is 0 Å². The largest absolute Gasteiger partial charge is 0.356 e. The molecule has 124 valence electrons. The van der Waals surface area contributed by atoms with E-state index in [2.05, 4.69) is 31.8 Å². The molecular formula is C20H16BrN3O. The van der Waals surface area contributed by atoms with Crippen LogP contribution >= 0.6 is 15.9 Å². The first-order valence-corrected chi connectivity index (χ1v) is 8.51. The topological polar surface area (TPSA) is 53.5 Å². The Labute approximate surface area is 154 Å². The lowest BCUT2D eigenvalue weighted by molar-refractivity contribution is 0.0955. The lowest BCUT2D eigenvalue weighted by Crippen LogP contribution is -2.17. The SMILES string of the molecule is O=C(N/N=C\c1ccc(Nc2ccccc2)cc1)c1ccc(Br)cc1. The van der Waals surface area contributed by atoms with Gasteiger partial charge >= 0.3 is 0 Å². The van der Waals surface area contributed by atoms with Crippen molar-refractivity contribution < 1.29 is 4.79 Å². The number of anilines is 2. The Morgan fingerprint density at radius 2 is 1.48 bits per heavy atom. The van der Waals surface area contributed by atoms with Gasteiger partial charge in [0.05, 0.1) is 6.21 Å². The maximum atomic E-state index is 12.0. The number of hydrogen-bond acceptors (Lipinski definition) is 3. The number of rotatable bonds is 5. The second-order valence-corrected chi connectivity index (χ2v) is 6.23. The lowest BCUT2D eigenvalue weighted by Gasteiger charge is -2.06. The van der Waals surface area contributed by atoms with Crippen LogP contribution < -0.4 is 10.7 Å². The molecule has 4 nitrogen and oxygen atoms in total. The van der Waals surface area contributed by atoms with E-state index in [4.69, 9.17) is 0 Å². The molecule has 0 radical (unpaired) electrons. The van der Waals surface area contributed by atoms with Crippen molar-refractivity contribution >= 4 is 39.4 Å². The molecule has 1 amide bonds. The maximum Gasteiger partial charge on any atom is 0.271 e. The Morgan fingerprint density at radius 1 is 0.840 bits per heavy atom. The molecule has 0 bridgehead atoms. The first-order valence-electron chi connectivity index (χ1n) is 7.72. The zero-order valence-corrected chi connectivity index (χ0v) is 14.9. The van der Waals surface area contributed by atoms with Crippen LogP contribution in [0.25, 0.3) is 0 Å². The Bertz CT molecular complexity index is 860. The third-order valence-corrected chi connectivity index (χ3v) is 3.99. The Balaban J connectivity index is 1.56. The van der Waals surface area contributed by atoms with Gasteiger partial charge in [0.2, 0.25) is 0 Å². The standard InChI is InChI=1S/C20H16BrN3O/c21-17-10-8-16(9-11-17)20(25)24-22-14-15-6-12-19(13-7-15)23-18-4-2-1-3-5-18/h1-14,23H,(H,24,25)/b22-14-. The molecule has 0 aliphatic carbocycles. The monoisotopic (exact) mass is 393 g/mol. The zero-order valence-electron chi connectivity index (χ0n) is 13.3. The minimum atomic E-state index is -0.244. The number of hydrogen-bond donors (Lipinski definition) is 2. The molecule has 3 aromatic carbocycles. The highest BCUT2D eigenvalue weighted by Gasteiger charge is 2.02. The normalized spacial score (nSPS) is 10.6. The van der Waals surface area contributed by atoms with Gasteiger partial charge in [0.15, 0.2) is 0 Å². The van der Waals surface area contributed by atoms with E-state index in [0.717, 1.165) is 21.4 Å². The fraction of sp³-hybridized carbons (Fsp3) is 0. The van der Waals surface area contributed by atoms with E-state index in [-0.39, 0.29) is 5.91 Å². The number of halogens is 1. The van der Waals surface area contributed by atoms with Crippen LogP contribution in [-0.4, -0.2) is 12.1 Å². The van der Waals surface area contributed by atoms with Crippen LogP contribution in [-0.2, 0) is 0 Å². The van der Waals surface area contributed by atoms with Crippen LogP contribution in [0.5, 0.6) is 0 Å². The highest BCUT2D eigenvalue weighted by atomic mass is 79.9. The van der Waals surface area contributed by atoms with Gasteiger partial charge in [0, 0.05) is 21.4 Å². The van der Waals surface area contributed by atoms with Gasteiger partial charge in [0.1, 0.15) is 0 Å². The Kier molecular flexibility index (Phi) is 5.59. The Hall–Kier alpha value is -2.92. The van der Waals surface area contributed by atoms with Crippen molar-refractivity contribution in [2.45, 2.75) is 0 Å². The van der Waals surface area contributed by atoms with Gasteiger partial charge in [-0.15, -0.1) is 0 Å². The number of benzene rings is 3. The first-order chi connectivity index (χ1) is 12.2. The molecule has 25 heavy (non-hydrogen) atoms. The van der Waals surface area contributed by atoms with Gasteiger partial charge in [-0.05, 0) is 54.1 Å². The van der Waals surface area contributed by atoms with Gasteiger partial charge < -0.3 is 5.32 Å². The number of nitrogens with zero attached hydrogens (tertiary/aromatic N) is 1. The van der Waals surface area contributed by atoms with Crippen LogP contribution in [0.1, 0.15) is 15.9 Å². The van der Waals surface area contributed by atoms with Crippen molar-refractivity contribution in [2.24, 2.45) is 5.10 Å². The number of hydrazone groups is 1. The molecule has 0 aliphatic heterocycles. The van der Waals surface area contributed by atoms with Crippen molar-refractivity contribution in [1.29, 1.82) is 0 Å². The number of para-hydroxylation sites is 1. The van der Waals surface area contributed by atoms with E-state index in [1.54, 1.807) is 18.3 Å². The molecule has 0 atom stereocenters. The molecule has 5 heteroatoms. The van der Waals surface area contributed by atoms with Gasteiger partial charge in [-0.2, -0.15) is 5.10 Å². The summed E-state index contributed by atoms with van der Waals surface area (Å²) in [6, 6.07) is 24.9. The molecule has 0 spiro atoms. The van der Waals surface area contributed by atoms with Gasteiger partial charge in [-0.25, -0.2) is 5.43 Å². The van der Waals surface area contributed by atoms with Crippen molar-refractivity contribution in [3.8, 4) is 0 Å². The number of nitrogens with one attached hydrogen (secondary N) is 2. The molecule has 0 fully saturated rings. The summed E-state index contributed by atoms with van der Waals surface area (Å²) in [6.07, 6.45) is 1.61. The first kappa shape index (κ1) is 16.9. The van der Waals surface area contributed by atoms with Gasteiger partial charge in [-0.3, -0.25) is 4.79 Å². The molecule has 0 heterocycles. The summed E-state index contributed by atoms with van der Waals surface area (Å²) in [4.78, 5) is 12.0. The van der Waals surface area contributed by atoms with Crippen LogP contribution in [0.4, 0.5) is 11.4 Å². The zero-order chi connectivity index (χ0) is 17.5. The van der Waals surface area contributed by atoms with E-state index >= 15 is 0 Å². The summed E-state index contributed by atoms with van der Waals surface area (Å²) in [5.41, 5.74) is 6.00. The van der Waals surface area contributed by atoms with Crippen LogP contribution in [0.3, 0.4) is 0 Å². The summed E-state index contributed by atoms with van der Waals surface area (Å²) in [5, 5.41) is 7.31. The molecule has 0 aromatic heterocycles. The Morgan fingerprint density at radius 3 is 2.16 bits per heavy atom. The summed E-state index contributed by atoms with van der Waals surface area (Å²) in [7, 11) is 0. The number of carbonyl (C=O) groups excluding carboxylic acids is 1. The third-order valence-electron chi connectivity index (χ3n) is 3.46. The smallest absolute Gasteiger partial charge is 0.271 e. The highest BCUT2D eigenvalue weighted by Crippen LogP contribution is 2.16. The average molecular weight is 394 g/mol. The van der Waals surface area contributed by atoms with Gasteiger partial charge in [0.25, 0.3) is 5.91 Å². The summed E-state index contributed by atoms with van der Waals surface area (Å²) < 4.78 is 0.928. The summed E-state index contributed by atoms with van der Waals surface area (Å²) >= 11 is 3.34. The predicted molar refractivity (Wildman–Crippen MR) is 105 cm³/mol. The maximum absolute atomic E-state index is 12.0. The van der Waals surface area contributed by atoms with Crippen molar-refractivity contribution in [2.75, 3.05) is 5.32 Å².